The van der Waals surface area contributed by atoms with Crippen LogP contribution < -0.4 is 0 Å². The summed E-state index contributed by atoms with van der Waals surface area (Å²) in [5.41, 5.74) is 3.09. The number of fused-ring (bicyclic) bond motifs is 1. The predicted octanol–water partition coefficient (Wildman–Crippen LogP) is 3.22. The highest BCUT2D eigenvalue weighted by molar-refractivity contribution is 5.89. The molecule has 0 saturated carbocycles. The number of aromatic amines is 1. The highest BCUT2D eigenvalue weighted by Crippen LogP contribution is 2.31. The molecule has 2 aromatic rings. The lowest BCUT2D eigenvalue weighted by Gasteiger charge is -2.34. The summed E-state index contributed by atoms with van der Waals surface area (Å²) in [5, 5.41) is 0. The van der Waals surface area contributed by atoms with Gasteiger partial charge in [0.05, 0.1) is 17.0 Å². The van der Waals surface area contributed by atoms with Crippen LogP contribution in [0.25, 0.3) is 11.0 Å². The molecule has 28 heavy (non-hydrogen) atoms. The minimum absolute atomic E-state index is 0.0957. The molecule has 1 N–H and O–H groups in total. The zero-order chi connectivity index (χ0) is 20.1. The minimum Gasteiger partial charge on any atom is -0.342 e. The van der Waals surface area contributed by atoms with Gasteiger partial charge in [-0.1, -0.05) is 6.07 Å². The Labute approximate surface area is 166 Å². The molecular weight excluding hydrogens is 352 g/mol. The SMILES string of the molecule is Cc1ccc2nc(C3CCN(C(=O)C4CC(=O)N(C(C)(C)C)C4)CC3)[nH]c2c1. The molecule has 1 aromatic carbocycles. The van der Waals surface area contributed by atoms with Gasteiger partial charge in [0.15, 0.2) is 0 Å². The number of aryl methyl sites for hydroxylation is 1. The maximum atomic E-state index is 13.0. The van der Waals surface area contributed by atoms with Gasteiger partial charge in [0, 0.05) is 37.5 Å². The number of nitrogens with one attached hydrogen (secondary N) is 1. The molecule has 150 valence electrons. The number of amides is 2. The summed E-state index contributed by atoms with van der Waals surface area (Å²) in [6.07, 6.45) is 2.17. The smallest absolute Gasteiger partial charge is 0.227 e. The highest BCUT2D eigenvalue weighted by Gasteiger charge is 2.41. The van der Waals surface area contributed by atoms with Gasteiger partial charge in [-0.25, -0.2) is 4.98 Å². The largest absolute Gasteiger partial charge is 0.342 e. The van der Waals surface area contributed by atoms with Crippen LogP contribution in [0.15, 0.2) is 18.2 Å². The maximum Gasteiger partial charge on any atom is 0.227 e. The van der Waals surface area contributed by atoms with E-state index >= 15 is 0 Å². The van der Waals surface area contributed by atoms with Crippen molar-refractivity contribution in [2.75, 3.05) is 19.6 Å². The van der Waals surface area contributed by atoms with E-state index in [0.717, 1.165) is 42.8 Å². The molecule has 1 atom stereocenters. The van der Waals surface area contributed by atoms with Crippen molar-refractivity contribution in [1.82, 2.24) is 19.8 Å². The molecule has 0 aliphatic carbocycles. The van der Waals surface area contributed by atoms with Gasteiger partial charge in [-0.15, -0.1) is 0 Å². The van der Waals surface area contributed by atoms with Gasteiger partial charge in [-0.05, 0) is 58.2 Å². The molecule has 0 radical (unpaired) electrons. The van der Waals surface area contributed by atoms with Crippen LogP contribution in [0.2, 0.25) is 0 Å². The molecule has 1 aromatic heterocycles. The van der Waals surface area contributed by atoms with Crippen molar-refractivity contribution in [2.45, 2.75) is 58.4 Å². The second-order valence-electron chi connectivity index (χ2n) is 9.32. The number of benzene rings is 1. The second kappa shape index (κ2) is 6.90. The van der Waals surface area contributed by atoms with Gasteiger partial charge in [0.1, 0.15) is 5.82 Å². The van der Waals surface area contributed by atoms with Crippen LogP contribution in [0, 0.1) is 12.8 Å². The Kier molecular flexibility index (Phi) is 4.68. The maximum absolute atomic E-state index is 13.0. The summed E-state index contributed by atoms with van der Waals surface area (Å²) in [5.74, 6) is 1.42. The van der Waals surface area contributed by atoms with Crippen molar-refractivity contribution < 1.29 is 9.59 Å². The van der Waals surface area contributed by atoms with Crippen LogP contribution in [-0.4, -0.2) is 56.8 Å². The number of aromatic nitrogens is 2. The average molecular weight is 383 g/mol. The summed E-state index contributed by atoms with van der Waals surface area (Å²) < 4.78 is 0. The number of hydrogen-bond donors (Lipinski definition) is 1. The Morgan fingerprint density at radius 3 is 2.57 bits per heavy atom. The number of nitrogens with zero attached hydrogens (tertiary/aromatic N) is 3. The van der Waals surface area contributed by atoms with E-state index in [-0.39, 0.29) is 23.3 Å². The van der Waals surface area contributed by atoms with E-state index in [9.17, 15) is 9.59 Å². The first-order chi connectivity index (χ1) is 13.2. The first-order valence-corrected chi connectivity index (χ1v) is 10.3. The lowest BCUT2D eigenvalue weighted by atomic mass is 9.95. The summed E-state index contributed by atoms with van der Waals surface area (Å²) in [7, 11) is 0. The van der Waals surface area contributed by atoms with Crippen molar-refractivity contribution in [3.63, 3.8) is 0 Å². The van der Waals surface area contributed by atoms with Crippen molar-refractivity contribution in [3.8, 4) is 0 Å². The second-order valence-corrected chi connectivity index (χ2v) is 9.32. The number of carbonyl (C=O) groups excluding carboxylic acids is 2. The average Bonchev–Trinajstić information content (AvgIpc) is 3.24. The van der Waals surface area contributed by atoms with E-state index in [4.69, 9.17) is 4.98 Å². The Balaban J connectivity index is 1.38. The van der Waals surface area contributed by atoms with Crippen LogP contribution >= 0.6 is 0 Å². The van der Waals surface area contributed by atoms with Gasteiger partial charge in [0.2, 0.25) is 11.8 Å². The van der Waals surface area contributed by atoms with Crippen LogP contribution in [0.1, 0.15) is 57.3 Å². The zero-order valence-electron chi connectivity index (χ0n) is 17.3. The molecule has 0 spiro atoms. The van der Waals surface area contributed by atoms with E-state index in [1.165, 1.54) is 5.56 Å². The quantitative estimate of drug-likeness (QED) is 0.867. The molecule has 2 fully saturated rings. The third kappa shape index (κ3) is 3.52. The number of H-pyrrole nitrogens is 1. The normalized spacial score (nSPS) is 21.7. The van der Waals surface area contributed by atoms with Crippen molar-refractivity contribution in [2.24, 2.45) is 5.92 Å². The van der Waals surface area contributed by atoms with E-state index in [2.05, 4.69) is 30.1 Å². The van der Waals surface area contributed by atoms with Gasteiger partial charge >= 0.3 is 0 Å². The van der Waals surface area contributed by atoms with Crippen molar-refractivity contribution in [1.29, 1.82) is 0 Å². The monoisotopic (exact) mass is 382 g/mol. The van der Waals surface area contributed by atoms with Crippen LogP contribution in [-0.2, 0) is 9.59 Å². The molecule has 6 heteroatoms. The van der Waals surface area contributed by atoms with E-state index in [0.29, 0.717) is 18.9 Å². The third-order valence-corrected chi connectivity index (χ3v) is 6.13. The predicted molar refractivity (Wildman–Crippen MR) is 109 cm³/mol. The first kappa shape index (κ1) is 19.0. The standard InChI is InChI=1S/C22H30N4O2/c1-14-5-6-17-18(11-14)24-20(23-17)15-7-9-25(10-8-15)21(28)16-12-19(27)26(13-16)22(2,3)4/h5-6,11,15-16H,7-10,12-13H2,1-4H3,(H,23,24). The molecule has 4 rings (SSSR count). The number of likely N-dealkylation sites (tertiary alicyclic amines) is 2. The summed E-state index contributed by atoms with van der Waals surface area (Å²) >= 11 is 0. The van der Waals surface area contributed by atoms with Crippen LogP contribution in [0.4, 0.5) is 0 Å². The first-order valence-electron chi connectivity index (χ1n) is 10.3. The van der Waals surface area contributed by atoms with E-state index in [1.54, 1.807) is 0 Å². The number of piperidine rings is 1. The number of rotatable bonds is 2. The molecule has 2 saturated heterocycles. The summed E-state index contributed by atoms with van der Waals surface area (Å²) in [6, 6.07) is 6.27. The minimum atomic E-state index is -0.223. The molecule has 2 amide bonds. The Morgan fingerprint density at radius 2 is 1.93 bits per heavy atom. The van der Waals surface area contributed by atoms with Gasteiger partial charge in [0.25, 0.3) is 0 Å². The lowest BCUT2D eigenvalue weighted by Crippen LogP contribution is -2.45. The van der Waals surface area contributed by atoms with E-state index < -0.39 is 0 Å². The summed E-state index contributed by atoms with van der Waals surface area (Å²) in [4.78, 5) is 37.3. The van der Waals surface area contributed by atoms with Crippen LogP contribution in [0.3, 0.4) is 0 Å². The van der Waals surface area contributed by atoms with Gasteiger partial charge < -0.3 is 14.8 Å². The fourth-order valence-electron chi connectivity index (χ4n) is 4.49. The molecule has 6 nitrogen and oxygen atoms in total. The Morgan fingerprint density at radius 1 is 1.21 bits per heavy atom. The fourth-order valence-corrected chi connectivity index (χ4v) is 4.49. The van der Waals surface area contributed by atoms with Crippen molar-refractivity contribution >= 4 is 22.8 Å². The van der Waals surface area contributed by atoms with E-state index in [1.807, 2.05) is 30.6 Å². The summed E-state index contributed by atoms with van der Waals surface area (Å²) in [6.45, 7) is 10.2. The molecule has 3 heterocycles. The van der Waals surface area contributed by atoms with Crippen LogP contribution in [0.5, 0.6) is 0 Å². The molecular formula is C22H30N4O2. The molecule has 0 bridgehead atoms. The zero-order valence-corrected chi connectivity index (χ0v) is 17.3. The molecule has 2 aliphatic rings. The van der Waals surface area contributed by atoms with Crippen molar-refractivity contribution in [3.05, 3.63) is 29.6 Å². The lowest BCUT2D eigenvalue weighted by molar-refractivity contribution is -0.136. The number of carbonyl (C=O) groups is 2. The number of imidazole rings is 1. The Hall–Kier alpha value is -2.37. The highest BCUT2D eigenvalue weighted by atomic mass is 16.2. The molecule has 1 unspecified atom stereocenters. The third-order valence-electron chi connectivity index (χ3n) is 6.13. The molecule has 2 aliphatic heterocycles. The Bertz CT molecular complexity index is 903. The number of hydrogen-bond acceptors (Lipinski definition) is 3. The fraction of sp³-hybridized carbons (Fsp3) is 0.591. The van der Waals surface area contributed by atoms with Gasteiger partial charge in [-0.2, -0.15) is 0 Å². The topological polar surface area (TPSA) is 69.3 Å². The van der Waals surface area contributed by atoms with Gasteiger partial charge in [-0.3, -0.25) is 9.59 Å².